The Morgan fingerprint density at radius 3 is 2.45 bits per heavy atom. The molecule has 2 heterocycles. The van der Waals surface area contributed by atoms with Crippen LogP contribution in [0, 0.1) is 12.7 Å². The van der Waals surface area contributed by atoms with E-state index in [4.69, 9.17) is 0 Å². The molecule has 0 aliphatic rings. The molecule has 7 nitrogen and oxygen atoms in total. The maximum atomic E-state index is 13.6. The average Bonchev–Trinajstić information content (AvgIpc) is 2.85. The zero-order valence-electron chi connectivity index (χ0n) is 12.7. The van der Waals surface area contributed by atoms with E-state index in [1.165, 1.54) is 6.92 Å². The van der Waals surface area contributed by atoms with Gasteiger partial charge < -0.3 is 5.32 Å². The summed E-state index contributed by atoms with van der Waals surface area (Å²) < 4.78 is 13.6. The van der Waals surface area contributed by atoms with Gasteiger partial charge in [0.25, 0.3) is 11.5 Å². The molecule has 0 fully saturated rings. The molecule has 2 aromatic rings. The van der Waals surface area contributed by atoms with E-state index < -0.39 is 11.7 Å². The molecular weight excluding hydrogens is 289 g/mol. The lowest BCUT2D eigenvalue weighted by atomic mass is 10.0. The Hall–Kier alpha value is -2.51. The highest BCUT2D eigenvalue weighted by Crippen LogP contribution is 2.11. The van der Waals surface area contributed by atoms with Crippen molar-refractivity contribution in [1.29, 1.82) is 0 Å². The van der Waals surface area contributed by atoms with E-state index in [1.54, 1.807) is 0 Å². The second-order valence-corrected chi connectivity index (χ2v) is 4.86. The third kappa shape index (κ3) is 2.90. The van der Waals surface area contributed by atoms with E-state index in [1.807, 2.05) is 13.8 Å². The molecule has 0 aromatic carbocycles. The molecule has 0 saturated carbocycles. The number of H-pyrrole nitrogens is 2. The van der Waals surface area contributed by atoms with Crippen LogP contribution in [0.2, 0.25) is 0 Å². The number of rotatable bonds is 5. The van der Waals surface area contributed by atoms with Gasteiger partial charge in [-0.2, -0.15) is 10.2 Å². The number of nitrogens with zero attached hydrogens (tertiary/aromatic N) is 2. The van der Waals surface area contributed by atoms with Crippen LogP contribution in [0.1, 0.15) is 46.9 Å². The molecule has 0 saturated heterocycles. The predicted octanol–water partition coefficient (Wildman–Crippen LogP) is 0.995. The summed E-state index contributed by atoms with van der Waals surface area (Å²) in [6.45, 7) is 5.33. The fourth-order valence-electron chi connectivity index (χ4n) is 2.28. The Morgan fingerprint density at radius 1 is 1.18 bits per heavy atom. The van der Waals surface area contributed by atoms with E-state index in [-0.39, 0.29) is 23.5 Å². The third-order valence-electron chi connectivity index (χ3n) is 3.48. The van der Waals surface area contributed by atoms with Gasteiger partial charge in [0.05, 0.1) is 11.4 Å². The number of amides is 1. The molecule has 118 valence electrons. The fourth-order valence-corrected chi connectivity index (χ4v) is 2.28. The first-order valence-corrected chi connectivity index (χ1v) is 7.07. The topological polar surface area (TPSA) is 104 Å². The number of aryl methyl sites for hydroxylation is 2. The Kier molecular flexibility index (Phi) is 4.69. The smallest absolute Gasteiger partial charge is 0.275 e. The van der Waals surface area contributed by atoms with Crippen LogP contribution in [0.5, 0.6) is 0 Å². The Balaban J connectivity index is 2.23. The van der Waals surface area contributed by atoms with E-state index in [2.05, 4.69) is 25.7 Å². The maximum absolute atomic E-state index is 13.6. The minimum atomic E-state index is -0.689. The molecule has 0 radical (unpaired) electrons. The van der Waals surface area contributed by atoms with Crippen molar-refractivity contribution in [3.8, 4) is 0 Å². The lowest BCUT2D eigenvalue weighted by Crippen LogP contribution is -2.30. The van der Waals surface area contributed by atoms with Crippen molar-refractivity contribution in [2.45, 2.75) is 40.2 Å². The second-order valence-electron chi connectivity index (χ2n) is 4.86. The molecule has 0 aliphatic heterocycles. The quantitative estimate of drug-likeness (QED) is 0.766. The molecular formula is C14H18FN5O2. The summed E-state index contributed by atoms with van der Waals surface area (Å²) in [6, 6.07) is 0. The van der Waals surface area contributed by atoms with Gasteiger partial charge in [-0.1, -0.05) is 13.8 Å². The Labute approximate surface area is 126 Å². The number of halogens is 1. The van der Waals surface area contributed by atoms with Gasteiger partial charge in [0.15, 0.2) is 11.5 Å². The zero-order valence-corrected chi connectivity index (χ0v) is 12.7. The molecule has 0 atom stereocenters. The van der Waals surface area contributed by atoms with Crippen molar-refractivity contribution >= 4 is 5.91 Å². The summed E-state index contributed by atoms with van der Waals surface area (Å²) in [5, 5.41) is 15.0. The molecule has 8 heteroatoms. The van der Waals surface area contributed by atoms with Crippen molar-refractivity contribution in [3.63, 3.8) is 0 Å². The average molecular weight is 307 g/mol. The zero-order chi connectivity index (χ0) is 16.3. The van der Waals surface area contributed by atoms with Crippen LogP contribution >= 0.6 is 0 Å². The second kappa shape index (κ2) is 6.50. The van der Waals surface area contributed by atoms with E-state index in [0.717, 1.165) is 11.3 Å². The molecule has 22 heavy (non-hydrogen) atoms. The summed E-state index contributed by atoms with van der Waals surface area (Å²) in [7, 11) is 0. The molecule has 2 rings (SSSR count). The number of hydrogen-bond acceptors (Lipinski definition) is 4. The summed E-state index contributed by atoms with van der Waals surface area (Å²) in [5.41, 5.74) is 1.56. The molecule has 3 N–H and O–H groups in total. The van der Waals surface area contributed by atoms with Gasteiger partial charge in [0.2, 0.25) is 0 Å². The first kappa shape index (κ1) is 15.9. The normalized spacial score (nSPS) is 10.7. The van der Waals surface area contributed by atoms with Crippen LogP contribution in [0.25, 0.3) is 0 Å². The van der Waals surface area contributed by atoms with Crippen molar-refractivity contribution in [2.75, 3.05) is 0 Å². The van der Waals surface area contributed by atoms with E-state index in [0.29, 0.717) is 18.4 Å². The third-order valence-corrected chi connectivity index (χ3v) is 3.48. The number of aromatic amines is 2. The van der Waals surface area contributed by atoms with Crippen LogP contribution in [-0.4, -0.2) is 26.3 Å². The molecule has 2 aromatic heterocycles. The van der Waals surface area contributed by atoms with Crippen LogP contribution in [0.15, 0.2) is 4.79 Å². The van der Waals surface area contributed by atoms with Crippen LogP contribution in [-0.2, 0) is 19.4 Å². The number of nitrogens with one attached hydrogen (secondary N) is 3. The summed E-state index contributed by atoms with van der Waals surface area (Å²) in [4.78, 5) is 23.9. The van der Waals surface area contributed by atoms with Gasteiger partial charge in [-0.15, -0.1) is 0 Å². The standard InChI is InChI=1S/C14H18FN5O2/c1-4-8-9(13(21)20-18-10(8)5-2)6-16-14(22)12-11(15)7(3)17-19-12/h4-6H2,1-3H3,(H,16,22)(H,17,19)(H,20,21). The van der Waals surface area contributed by atoms with Gasteiger partial charge in [-0.3, -0.25) is 14.7 Å². The number of aromatic nitrogens is 4. The molecule has 0 bridgehead atoms. The van der Waals surface area contributed by atoms with Gasteiger partial charge in [-0.25, -0.2) is 9.49 Å². The van der Waals surface area contributed by atoms with Crippen molar-refractivity contribution < 1.29 is 9.18 Å². The minimum Gasteiger partial charge on any atom is -0.346 e. The lowest BCUT2D eigenvalue weighted by Gasteiger charge is -2.10. The largest absolute Gasteiger partial charge is 0.346 e. The van der Waals surface area contributed by atoms with Gasteiger partial charge in [0, 0.05) is 12.1 Å². The first-order valence-electron chi connectivity index (χ1n) is 7.07. The highest BCUT2D eigenvalue weighted by molar-refractivity contribution is 5.92. The van der Waals surface area contributed by atoms with E-state index >= 15 is 0 Å². The molecule has 1 amide bonds. The Morgan fingerprint density at radius 2 is 1.91 bits per heavy atom. The van der Waals surface area contributed by atoms with Crippen molar-refractivity contribution in [2.24, 2.45) is 0 Å². The minimum absolute atomic E-state index is 0.00178. The van der Waals surface area contributed by atoms with Gasteiger partial charge in [-0.05, 0) is 25.3 Å². The summed E-state index contributed by atoms with van der Waals surface area (Å²) in [6.07, 6.45) is 1.30. The summed E-state index contributed by atoms with van der Waals surface area (Å²) in [5.74, 6) is -1.36. The van der Waals surface area contributed by atoms with Gasteiger partial charge >= 0.3 is 0 Å². The number of carbonyl (C=O) groups excluding carboxylic acids is 1. The fraction of sp³-hybridized carbons (Fsp3) is 0.429. The summed E-state index contributed by atoms with van der Waals surface area (Å²) >= 11 is 0. The van der Waals surface area contributed by atoms with Crippen LogP contribution in [0.4, 0.5) is 4.39 Å². The van der Waals surface area contributed by atoms with Crippen LogP contribution in [0.3, 0.4) is 0 Å². The molecule has 0 spiro atoms. The van der Waals surface area contributed by atoms with Gasteiger partial charge in [0.1, 0.15) is 0 Å². The van der Waals surface area contributed by atoms with Crippen LogP contribution < -0.4 is 10.9 Å². The highest BCUT2D eigenvalue weighted by atomic mass is 19.1. The first-order chi connectivity index (χ1) is 10.5. The lowest BCUT2D eigenvalue weighted by molar-refractivity contribution is 0.0941. The Bertz CT molecular complexity index is 750. The highest BCUT2D eigenvalue weighted by Gasteiger charge is 2.19. The van der Waals surface area contributed by atoms with Crippen molar-refractivity contribution in [1.82, 2.24) is 25.7 Å². The SMILES string of the molecule is CCc1n[nH]c(=O)c(CNC(=O)c2n[nH]c(C)c2F)c1CC. The maximum Gasteiger partial charge on any atom is 0.275 e. The monoisotopic (exact) mass is 307 g/mol. The predicted molar refractivity (Wildman–Crippen MR) is 78.1 cm³/mol. The van der Waals surface area contributed by atoms with Crippen molar-refractivity contribution in [3.05, 3.63) is 44.4 Å². The molecule has 0 aliphatic carbocycles. The van der Waals surface area contributed by atoms with E-state index in [9.17, 15) is 14.0 Å². The number of carbonyl (C=O) groups is 1. The molecule has 0 unspecified atom stereocenters. The number of hydrogen-bond donors (Lipinski definition) is 3.